The van der Waals surface area contributed by atoms with Crippen molar-refractivity contribution in [3.8, 4) is 11.3 Å². The molecule has 4 rings (SSSR count). The Labute approximate surface area is 118 Å². The minimum atomic E-state index is 1.01. The summed E-state index contributed by atoms with van der Waals surface area (Å²) in [6.45, 7) is 0. The largest absolute Gasteiger partial charge is 0.306 e. The third-order valence-electron chi connectivity index (χ3n) is 3.70. The Kier molecular flexibility index (Phi) is 2.39. The number of fused-ring (bicyclic) bond motifs is 3. The van der Waals surface area contributed by atoms with Crippen molar-refractivity contribution in [2.75, 3.05) is 0 Å². The topological polar surface area (TPSA) is 17.3 Å². The molecule has 94 valence electrons. The molecule has 20 heavy (non-hydrogen) atoms. The summed E-state index contributed by atoms with van der Waals surface area (Å²) in [5, 5.41) is 2.41. The first kappa shape index (κ1) is 11.3. The van der Waals surface area contributed by atoms with E-state index in [0.29, 0.717) is 0 Å². The highest BCUT2D eigenvalue weighted by atomic mass is 15.0. The number of pyridine rings is 1. The van der Waals surface area contributed by atoms with Crippen molar-refractivity contribution in [1.29, 1.82) is 0 Å². The van der Waals surface area contributed by atoms with E-state index in [2.05, 4.69) is 79.2 Å². The van der Waals surface area contributed by atoms with E-state index in [1.54, 1.807) is 0 Å². The van der Waals surface area contributed by atoms with Gasteiger partial charge in [-0.05, 0) is 11.5 Å². The van der Waals surface area contributed by atoms with Crippen molar-refractivity contribution < 1.29 is 0 Å². The van der Waals surface area contributed by atoms with Crippen LogP contribution in [0.1, 0.15) is 0 Å². The van der Waals surface area contributed by atoms with Gasteiger partial charge in [0.25, 0.3) is 0 Å². The Morgan fingerprint density at radius 3 is 2.55 bits per heavy atom. The molecule has 0 spiro atoms. The summed E-state index contributed by atoms with van der Waals surface area (Å²) in [7, 11) is 2.10. The Morgan fingerprint density at radius 1 is 0.900 bits per heavy atom. The highest BCUT2D eigenvalue weighted by Gasteiger charge is 2.06. The van der Waals surface area contributed by atoms with Gasteiger partial charge in [-0.2, -0.15) is 0 Å². The summed E-state index contributed by atoms with van der Waals surface area (Å²) in [6, 6.07) is 19.0. The zero-order valence-electron chi connectivity index (χ0n) is 11.2. The second kappa shape index (κ2) is 4.24. The lowest BCUT2D eigenvalue weighted by Crippen LogP contribution is -1.99. The maximum Gasteiger partial charge on any atom is 0.145 e. The highest BCUT2D eigenvalue weighted by molar-refractivity contribution is 6.32. The van der Waals surface area contributed by atoms with Gasteiger partial charge in [0.05, 0.1) is 5.69 Å². The van der Waals surface area contributed by atoms with E-state index < -0.39 is 0 Å². The van der Waals surface area contributed by atoms with Crippen molar-refractivity contribution in [3.05, 3.63) is 67.0 Å². The molecule has 2 aromatic carbocycles. The molecule has 0 saturated carbocycles. The van der Waals surface area contributed by atoms with Gasteiger partial charge in [0.15, 0.2) is 0 Å². The van der Waals surface area contributed by atoms with Crippen LogP contribution in [-0.4, -0.2) is 17.2 Å². The summed E-state index contributed by atoms with van der Waals surface area (Å²) < 4.78 is 2.09. The number of rotatable bonds is 1. The number of hydrogen-bond donors (Lipinski definition) is 0. The molecule has 3 heteroatoms. The van der Waals surface area contributed by atoms with Crippen LogP contribution in [0, 0.1) is 0 Å². The molecule has 0 amide bonds. The molecule has 0 fully saturated rings. The summed E-state index contributed by atoms with van der Waals surface area (Å²) in [4.78, 5) is 4.80. The number of benzene rings is 2. The zero-order chi connectivity index (χ0) is 13.5. The van der Waals surface area contributed by atoms with E-state index in [1.165, 1.54) is 16.2 Å². The van der Waals surface area contributed by atoms with Crippen molar-refractivity contribution in [2.45, 2.75) is 0 Å². The van der Waals surface area contributed by atoms with Crippen LogP contribution in [-0.2, 0) is 0 Å². The van der Waals surface area contributed by atoms with Crippen molar-refractivity contribution in [2.24, 2.45) is 0 Å². The quantitative estimate of drug-likeness (QED) is 0.478. The zero-order valence-corrected chi connectivity index (χ0v) is 11.2. The smallest absolute Gasteiger partial charge is 0.145 e. The predicted octanol–water partition coefficient (Wildman–Crippen LogP) is 2.41. The van der Waals surface area contributed by atoms with Gasteiger partial charge < -0.3 is 4.40 Å². The third kappa shape index (κ3) is 1.71. The number of aromatic nitrogens is 2. The lowest BCUT2D eigenvalue weighted by Gasteiger charge is -1.98. The molecule has 0 unspecified atom stereocenters. The second-order valence-electron chi connectivity index (χ2n) is 5.13. The Bertz CT molecular complexity index is 907. The van der Waals surface area contributed by atoms with Gasteiger partial charge in [0, 0.05) is 23.3 Å². The second-order valence-corrected chi connectivity index (χ2v) is 5.13. The van der Waals surface area contributed by atoms with Gasteiger partial charge in [-0.1, -0.05) is 54.0 Å². The van der Waals surface area contributed by atoms with E-state index in [9.17, 15) is 0 Å². The fraction of sp³-hybridized carbons (Fsp3) is 0. The molecular formula is C17H13BN2. The molecule has 0 radical (unpaired) electrons. The van der Waals surface area contributed by atoms with Gasteiger partial charge in [-0.3, -0.25) is 0 Å². The Morgan fingerprint density at radius 2 is 1.70 bits per heavy atom. The number of imidazole rings is 1. The van der Waals surface area contributed by atoms with Crippen LogP contribution in [0.3, 0.4) is 0 Å². The van der Waals surface area contributed by atoms with Gasteiger partial charge in [-0.25, -0.2) is 4.98 Å². The first-order valence-corrected chi connectivity index (χ1v) is 6.75. The summed E-state index contributed by atoms with van der Waals surface area (Å²) in [5.41, 5.74) is 4.45. The molecule has 0 aliphatic carbocycles. The lowest BCUT2D eigenvalue weighted by molar-refractivity contribution is 1.20. The minimum Gasteiger partial charge on any atom is -0.306 e. The summed E-state index contributed by atoms with van der Waals surface area (Å²) in [5.74, 6) is 0. The van der Waals surface area contributed by atoms with Crippen LogP contribution in [0.2, 0.25) is 0 Å². The maximum atomic E-state index is 4.80. The van der Waals surface area contributed by atoms with E-state index >= 15 is 0 Å². The predicted molar refractivity (Wildman–Crippen MR) is 86.3 cm³/mol. The van der Waals surface area contributed by atoms with Crippen LogP contribution >= 0.6 is 0 Å². The number of hydrogen-bond acceptors (Lipinski definition) is 1. The molecule has 0 aliphatic rings. The monoisotopic (exact) mass is 256 g/mol. The van der Waals surface area contributed by atoms with Crippen LogP contribution in [0.5, 0.6) is 0 Å². The third-order valence-corrected chi connectivity index (χ3v) is 3.70. The first-order chi connectivity index (χ1) is 9.81. The molecule has 0 N–H and O–H groups in total. The van der Waals surface area contributed by atoms with Crippen LogP contribution in [0.25, 0.3) is 27.7 Å². The summed E-state index contributed by atoms with van der Waals surface area (Å²) >= 11 is 0. The highest BCUT2D eigenvalue weighted by Crippen LogP contribution is 2.23. The van der Waals surface area contributed by atoms with Crippen LogP contribution < -0.4 is 5.46 Å². The van der Waals surface area contributed by atoms with Gasteiger partial charge in [0.1, 0.15) is 13.5 Å². The number of nitrogens with zero attached hydrogens (tertiary/aromatic N) is 2. The molecule has 0 atom stereocenters. The molecule has 0 bridgehead atoms. The molecule has 0 saturated heterocycles. The van der Waals surface area contributed by atoms with Gasteiger partial charge in [0.2, 0.25) is 0 Å². The average molecular weight is 256 g/mol. The van der Waals surface area contributed by atoms with E-state index in [-0.39, 0.29) is 0 Å². The molecule has 4 aromatic rings. The molecule has 2 heterocycles. The molecule has 0 aliphatic heterocycles. The van der Waals surface area contributed by atoms with Crippen LogP contribution in [0.15, 0.2) is 67.0 Å². The minimum absolute atomic E-state index is 1.01. The van der Waals surface area contributed by atoms with Crippen LogP contribution in [0.4, 0.5) is 0 Å². The summed E-state index contributed by atoms with van der Waals surface area (Å²) in [6.07, 6.45) is 4.16. The van der Waals surface area contributed by atoms with E-state index in [4.69, 9.17) is 4.98 Å². The van der Waals surface area contributed by atoms with Gasteiger partial charge in [-0.15, -0.1) is 0 Å². The molecule has 2 aromatic heterocycles. The average Bonchev–Trinajstić information content (AvgIpc) is 2.92. The Hall–Kier alpha value is -2.55. The fourth-order valence-corrected chi connectivity index (χ4v) is 2.58. The lowest BCUT2D eigenvalue weighted by atomic mass is 9.95. The Balaban J connectivity index is 1.98. The molecule has 2 nitrogen and oxygen atoms in total. The maximum absolute atomic E-state index is 4.80. The van der Waals surface area contributed by atoms with Gasteiger partial charge >= 0.3 is 0 Å². The van der Waals surface area contributed by atoms with E-state index in [0.717, 1.165) is 16.9 Å². The van der Waals surface area contributed by atoms with Crippen molar-refractivity contribution >= 4 is 29.7 Å². The van der Waals surface area contributed by atoms with Crippen molar-refractivity contribution in [3.63, 3.8) is 0 Å². The van der Waals surface area contributed by atoms with Crippen molar-refractivity contribution in [1.82, 2.24) is 9.38 Å². The SMILES string of the molecule is Bc1ccc(-c2cn3ccc4ccccc4c3n2)cc1. The van der Waals surface area contributed by atoms with E-state index in [1.807, 2.05) is 0 Å². The standard InChI is InChI=1S/C17H13BN2/c18-14-7-5-13(6-8-14)16-11-20-10-9-12-3-1-2-4-15(12)17(20)19-16/h1-11H,18H2. The fourth-order valence-electron chi connectivity index (χ4n) is 2.58. The normalized spacial score (nSPS) is 11.2. The molecular weight excluding hydrogens is 243 g/mol. The first-order valence-electron chi connectivity index (χ1n) is 6.75.